The SMILES string of the molecule is COc1ccc(CN(C)C(=O)CSc2nnc(CSC)o2)cc1OC. The number of amides is 1. The van der Waals surface area contributed by atoms with Crippen molar-refractivity contribution in [3.05, 3.63) is 29.7 Å². The smallest absolute Gasteiger partial charge is 0.277 e. The number of methoxy groups -OCH3 is 2. The average molecular weight is 383 g/mol. The molecule has 7 nitrogen and oxygen atoms in total. The predicted octanol–water partition coefficient (Wildman–Crippen LogP) is 2.70. The van der Waals surface area contributed by atoms with E-state index in [0.717, 1.165) is 5.56 Å². The molecule has 2 rings (SSSR count). The Balaban J connectivity index is 1.89. The molecule has 0 atom stereocenters. The van der Waals surface area contributed by atoms with E-state index < -0.39 is 0 Å². The van der Waals surface area contributed by atoms with Crippen LogP contribution in [0.5, 0.6) is 11.5 Å². The number of nitrogens with zero attached hydrogens (tertiary/aromatic N) is 3. The average Bonchev–Trinajstić information content (AvgIpc) is 3.07. The number of hydrogen-bond acceptors (Lipinski definition) is 8. The summed E-state index contributed by atoms with van der Waals surface area (Å²) >= 11 is 2.85. The Kier molecular flexibility index (Phi) is 7.45. The van der Waals surface area contributed by atoms with Crippen LogP contribution in [0.4, 0.5) is 0 Å². The monoisotopic (exact) mass is 383 g/mol. The maximum Gasteiger partial charge on any atom is 0.277 e. The van der Waals surface area contributed by atoms with Gasteiger partial charge < -0.3 is 18.8 Å². The second kappa shape index (κ2) is 9.57. The quantitative estimate of drug-likeness (QED) is 0.612. The highest BCUT2D eigenvalue weighted by Crippen LogP contribution is 2.28. The highest BCUT2D eigenvalue weighted by atomic mass is 32.2. The molecule has 1 aromatic heterocycles. The van der Waals surface area contributed by atoms with Gasteiger partial charge in [0, 0.05) is 13.6 Å². The summed E-state index contributed by atoms with van der Waals surface area (Å²) in [5.41, 5.74) is 0.957. The molecule has 0 saturated heterocycles. The molecule has 0 fully saturated rings. The summed E-state index contributed by atoms with van der Waals surface area (Å²) in [6.07, 6.45) is 1.96. The lowest BCUT2D eigenvalue weighted by molar-refractivity contribution is -0.127. The lowest BCUT2D eigenvalue weighted by Crippen LogP contribution is -2.27. The largest absolute Gasteiger partial charge is 0.493 e. The Hall–Kier alpha value is -1.87. The van der Waals surface area contributed by atoms with Gasteiger partial charge in [0.25, 0.3) is 5.22 Å². The number of hydrogen-bond donors (Lipinski definition) is 0. The van der Waals surface area contributed by atoms with Gasteiger partial charge in [0.1, 0.15) is 0 Å². The highest BCUT2D eigenvalue weighted by Gasteiger charge is 2.14. The van der Waals surface area contributed by atoms with E-state index in [1.807, 2.05) is 24.5 Å². The van der Waals surface area contributed by atoms with Crippen molar-refractivity contribution in [2.24, 2.45) is 0 Å². The fourth-order valence-corrected chi connectivity index (χ4v) is 3.14. The van der Waals surface area contributed by atoms with Crippen LogP contribution in [0.25, 0.3) is 0 Å². The number of rotatable bonds is 9. The van der Waals surface area contributed by atoms with Crippen molar-refractivity contribution in [2.75, 3.05) is 33.3 Å². The van der Waals surface area contributed by atoms with Gasteiger partial charge in [-0.1, -0.05) is 17.8 Å². The fourth-order valence-electron chi connectivity index (χ4n) is 2.05. The lowest BCUT2D eigenvalue weighted by Gasteiger charge is -2.17. The summed E-state index contributed by atoms with van der Waals surface area (Å²) in [7, 11) is 4.93. The molecular weight excluding hydrogens is 362 g/mol. The fraction of sp³-hybridized carbons (Fsp3) is 0.438. The molecule has 0 unspecified atom stereocenters. The molecule has 0 saturated carbocycles. The summed E-state index contributed by atoms with van der Waals surface area (Å²) in [4.78, 5) is 13.9. The van der Waals surface area contributed by atoms with Crippen LogP contribution < -0.4 is 9.47 Å². The zero-order valence-electron chi connectivity index (χ0n) is 14.6. The second-order valence-electron chi connectivity index (χ2n) is 5.12. The third-order valence-corrected chi connectivity index (χ3v) is 4.67. The maximum absolute atomic E-state index is 12.3. The second-order valence-corrected chi connectivity index (χ2v) is 6.92. The first-order valence-corrected chi connectivity index (χ1v) is 9.84. The molecule has 25 heavy (non-hydrogen) atoms. The van der Waals surface area contributed by atoms with Gasteiger partial charge in [0.2, 0.25) is 11.8 Å². The molecule has 2 aromatic rings. The summed E-state index contributed by atoms with van der Waals surface area (Å²) in [6.45, 7) is 0.474. The molecule has 136 valence electrons. The molecule has 1 amide bonds. The van der Waals surface area contributed by atoms with Crippen LogP contribution in [0.2, 0.25) is 0 Å². The number of benzene rings is 1. The minimum absolute atomic E-state index is 0.0237. The third-order valence-electron chi connectivity index (χ3n) is 3.33. The van der Waals surface area contributed by atoms with E-state index in [1.165, 1.54) is 11.8 Å². The Bertz CT molecular complexity index is 708. The molecule has 9 heteroatoms. The van der Waals surface area contributed by atoms with Gasteiger partial charge in [0.15, 0.2) is 11.5 Å². The normalized spacial score (nSPS) is 10.6. The van der Waals surface area contributed by atoms with E-state index in [-0.39, 0.29) is 11.7 Å². The van der Waals surface area contributed by atoms with Gasteiger partial charge >= 0.3 is 0 Å². The molecule has 0 aliphatic carbocycles. The van der Waals surface area contributed by atoms with E-state index in [0.29, 0.717) is 34.9 Å². The Morgan fingerprint density at radius 2 is 2.00 bits per heavy atom. The van der Waals surface area contributed by atoms with Crippen molar-refractivity contribution in [3.63, 3.8) is 0 Å². The van der Waals surface area contributed by atoms with E-state index in [9.17, 15) is 4.79 Å². The van der Waals surface area contributed by atoms with E-state index in [4.69, 9.17) is 13.9 Å². The lowest BCUT2D eigenvalue weighted by atomic mass is 10.2. The first kappa shape index (κ1) is 19.5. The minimum atomic E-state index is -0.0237. The van der Waals surface area contributed by atoms with Gasteiger partial charge in [-0.05, 0) is 24.0 Å². The van der Waals surface area contributed by atoms with Crippen molar-refractivity contribution in [3.8, 4) is 11.5 Å². The van der Waals surface area contributed by atoms with Gasteiger partial charge in [-0.3, -0.25) is 4.79 Å². The van der Waals surface area contributed by atoms with Gasteiger partial charge in [-0.25, -0.2) is 0 Å². The van der Waals surface area contributed by atoms with Gasteiger partial charge in [-0.15, -0.1) is 10.2 Å². The molecule has 0 radical (unpaired) electrons. The molecule has 0 aliphatic rings. The topological polar surface area (TPSA) is 77.7 Å². The zero-order valence-corrected chi connectivity index (χ0v) is 16.3. The summed E-state index contributed by atoms with van der Waals surface area (Å²) in [5, 5.41) is 8.26. The molecule has 0 spiro atoms. The number of aromatic nitrogens is 2. The van der Waals surface area contributed by atoms with Crippen LogP contribution in [0.15, 0.2) is 27.8 Å². The molecule has 1 aromatic carbocycles. The maximum atomic E-state index is 12.3. The summed E-state index contributed by atoms with van der Waals surface area (Å²) in [5.74, 6) is 2.76. The van der Waals surface area contributed by atoms with Crippen molar-refractivity contribution in [1.29, 1.82) is 0 Å². The number of carbonyl (C=O) groups is 1. The number of carbonyl (C=O) groups excluding carboxylic acids is 1. The van der Waals surface area contributed by atoms with Crippen LogP contribution in [0, 0.1) is 0 Å². The number of ether oxygens (including phenoxy) is 2. The van der Waals surface area contributed by atoms with Crippen LogP contribution in [-0.4, -0.2) is 54.3 Å². The summed E-state index contributed by atoms with van der Waals surface area (Å²) in [6, 6.07) is 5.60. The van der Waals surface area contributed by atoms with Crippen LogP contribution in [0.3, 0.4) is 0 Å². The first-order valence-electron chi connectivity index (χ1n) is 7.46. The van der Waals surface area contributed by atoms with Crippen molar-refractivity contribution >= 4 is 29.4 Å². The van der Waals surface area contributed by atoms with E-state index in [1.54, 1.807) is 37.9 Å². The van der Waals surface area contributed by atoms with Gasteiger partial charge in [-0.2, -0.15) is 11.8 Å². The Labute approximate surface area is 155 Å². The van der Waals surface area contributed by atoms with Crippen LogP contribution in [0.1, 0.15) is 11.5 Å². The minimum Gasteiger partial charge on any atom is -0.493 e. The molecular formula is C16H21N3O4S2. The standard InChI is InChI=1S/C16H21N3O4S2/c1-19(8-11-5-6-12(21-2)13(7-11)22-3)15(20)10-25-16-18-17-14(23-16)9-24-4/h5-7H,8-10H2,1-4H3. The first-order chi connectivity index (χ1) is 12.1. The van der Waals surface area contributed by atoms with Crippen LogP contribution >= 0.6 is 23.5 Å². The Morgan fingerprint density at radius 3 is 2.68 bits per heavy atom. The third kappa shape index (κ3) is 5.57. The van der Waals surface area contributed by atoms with Crippen molar-refractivity contribution < 1.29 is 18.7 Å². The molecule has 0 N–H and O–H groups in total. The van der Waals surface area contributed by atoms with E-state index in [2.05, 4.69) is 10.2 Å². The van der Waals surface area contributed by atoms with Gasteiger partial charge in [0.05, 0.1) is 25.7 Å². The van der Waals surface area contributed by atoms with Crippen molar-refractivity contribution in [1.82, 2.24) is 15.1 Å². The highest BCUT2D eigenvalue weighted by molar-refractivity contribution is 7.99. The predicted molar refractivity (Wildman–Crippen MR) is 98.3 cm³/mol. The number of thioether (sulfide) groups is 2. The Morgan fingerprint density at radius 1 is 1.24 bits per heavy atom. The van der Waals surface area contributed by atoms with E-state index >= 15 is 0 Å². The molecule has 0 aliphatic heterocycles. The molecule has 0 bridgehead atoms. The molecule has 1 heterocycles. The van der Waals surface area contributed by atoms with Crippen molar-refractivity contribution in [2.45, 2.75) is 17.5 Å². The summed E-state index contributed by atoms with van der Waals surface area (Å²) < 4.78 is 15.9. The van der Waals surface area contributed by atoms with Crippen LogP contribution in [-0.2, 0) is 17.1 Å². The zero-order chi connectivity index (χ0) is 18.2.